The van der Waals surface area contributed by atoms with Crippen molar-refractivity contribution < 1.29 is 62.0 Å². The van der Waals surface area contributed by atoms with E-state index < -0.39 is 0 Å². The van der Waals surface area contributed by atoms with Crippen LogP contribution in [-0.4, -0.2) is 0 Å². The van der Waals surface area contributed by atoms with Crippen LogP contribution in [0.2, 0.25) is 0 Å². The fourth-order valence-electron chi connectivity index (χ4n) is 0. The molecule has 0 fully saturated rings. The van der Waals surface area contributed by atoms with E-state index in [1.807, 2.05) is 0 Å². The quantitative estimate of drug-likeness (QED) is 0.523. The Labute approximate surface area is 61.5 Å². The molecule has 0 saturated carbocycles. The zero-order chi connectivity index (χ0) is 2.00. The van der Waals surface area contributed by atoms with Gasteiger partial charge < -0.3 is 0 Å². The van der Waals surface area contributed by atoms with Gasteiger partial charge >= 0.3 is 23.2 Å². The zero-order valence-electron chi connectivity index (χ0n) is 1.62. The fraction of sp³-hybridized carbons (Fsp3) is 0. The van der Waals surface area contributed by atoms with Crippen LogP contribution >= 0.6 is 0 Å². The van der Waals surface area contributed by atoms with Crippen LogP contribution in [-0.2, 0) is 62.0 Å². The number of hydrogen-bond acceptors (Lipinski definition) is 1. The van der Waals surface area contributed by atoms with Gasteiger partial charge in [0.1, 0.15) is 0 Å². The summed E-state index contributed by atoms with van der Waals surface area (Å²) in [6, 6.07) is 0. The van der Waals surface area contributed by atoms with Crippen LogP contribution < -0.4 is 0 Å². The van der Waals surface area contributed by atoms with Gasteiger partial charge in [0.15, 0.2) is 0 Å². The molecule has 0 rings (SSSR count). The molecule has 4 heavy (non-hydrogen) atoms. The SMILES string of the molecule is [Cu].[O]=[Mo].[Ti]. The second-order valence-electron chi connectivity index (χ2n) is 0. The normalized spacial score (nSPS) is 1.00. The summed E-state index contributed by atoms with van der Waals surface area (Å²) in [6.45, 7) is 0. The van der Waals surface area contributed by atoms with E-state index in [0.29, 0.717) is 19.8 Å². The summed E-state index contributed by atoms with van der Waals surface area (Å²) < 4.78 is 8.26. The summed E-state index contributed by atoms with van der Waals surface area (Å²) in [5, 5.41) is 0. The maximum Gasteiger partial charge on any atom is 0 e. The van der Waals surface area contributed by atoms with Gasteiger partial charge in [0.2, 0.25) is 0 Å². The number of hydrogen-bond donors (Lipinski definition) is 0. The largest absolute Gasteiger partial charge is 0 e. The molecule has 0 bridgehead atoms. The molecule has 1 radical (unpaired) electrons. The Morgan fingerprint density at radius 3 is 1.25 bits per heavy atom. The molecule has 0 aromatic rings. The van der Waals surface area contributed by atoms with Crippen molar-refractivity contribution in [2.75, 3.05) is 0 Å². The van der Waals surface area contributed by atoms with Crippen molar-refractivity contribution in [1.82, 2.24) is 0 Å². The van der Waals surface area contributed by atoms with Gasteiger partial charge in [-0.05, 0) is 0 Å². The van der Waals surface area contributed by atoms with Crippen molar-refractivity contribution in [2.45, 2.75) is 0 Å². The zero-order valence-corrected chi connectivity index (χ0v) is 6.13. The van der Waals surface area contributed by atoms with Crippen molar-refractivity contribution >= 4 is 0 Å². The minimum Gasteiger partial charge on any atom is 0 e. The van der Waals surface area contributed by atoms with E-state index >= 15 is 0 Å². The van der Waals surface area contributed by atoms with E-state index in [9.17, 15) is 0 Å². The molecule has 0 atom stereocenters. The predicted octanol–water partition coefficient (Wildman–Crippen LogP) is -0.126. The molecule has 4 heteroatoms. The first-order valence-electron chi connectivity index (χ1n) is 0.167. The van der Waals surface area contributed by atoms with E-state index in [4.69, 9.17) is 3.40 Å². The number of rotatable bonds is 0. The topological polar surface area (TPSA) is 17.1 Å². The third kappa shape index (κ3) is 9.30. The molecule has 0 unspecified atom stereocenters. The van der Waals surface area contributed by atoms with Gasteiger partial charge in [0.25, 0.3) is 0 Å². The maximum atomic E-state index is 8.26. The molecule has 27 valence electrons. The summed E-state index contributed by atoms with van der Waals surface area (Å²) >= 11 is 0.700. The van der Waals surface area contributed by atoms with Crippen molar-refractivity contribution in [3.8, 4) is 0 Å². The molecular weight excluding hydrogens is 223 g/mol. The third-order valence-electron chi connectivity index (χ3n) is 0. The molecule has 0 spiro atoms. The van der Waals surface area contributed by atoms with Crippen LogP contribution in [0.3, 0.4) is 0 Å². The molecule has 0 aliphatic heterocycles. The van der Waals surface area contributed by atoms with Gasteiger partial charge in [-0.1, -0.05) is 0 Å². The van der Waals surface area contributed by atoms with E-state index in [0.717, 1.165) is 0 Å². The molecule has 0 aliphatic rings. The van der Waals surface area contributed by atoms with Gasteiger partial charge in [-0.25, -0.2) is 0 Å². The van der Waals surface area contributed by atoms with Crippen LogP contribution in [0.25, 0.3) is 0 Å². The van der Waals surface area contributed by atoms with E-state index in [1.54, 1.807) is 0 Å². The standard InChI is InChI=1S/Cu.Mo.O.Ti. The average molecular weight is 223 g/mol. The second kappa shape index (κ2) is 22.1. The molecular formula is CuMoOTi. The van der Waals surface area contributed by atoms with Crippen molar-refractivity contribution in [3.63, 3.8) is 0 Å². The van der Waals surface area contributed by atoms with Crippen LogP contribution in [0, 0.1) is 0 Å². The molecule has 0 N–H and O–H groups in total. The molecule has 0 aromatic carbocycles. The minimum atomic E-state index is 0. The van der Waals surface area contributed by atoms with Crippen LogP contribution in [0.1, 0.15) is 0 Å². The second-order valence-corrected chi connectivity index (χ2v) is 0. The fourth-order valence-corrected chi connectivity index (χ4v) is 0. The molecule has 0 saturated heterocycles. The van der Waals surface area contributed by atoms with E-state index in [-0.39, 0.29) is 38.8 Å². The van der Waals surface area contributed by atoms with Gasteiger partial charge in [-0.2, -0.15) is 0 Å². The smallest absolute Gasteiger partial charge is 0 e. The maximum absolute atomic E-state index is 8.26. The molecule has 1 nitrogen and oxygen atoms in total. The van der Waals surface area contributed by atoms with Crippen molar-refractivity contribution in [1.29, 1.82) is 0 Å². The summed E-state index contributed by atoms with van der Waals surface area (Å²) in [7, 11) is 0. The Kier molecular flexibility index (Phi) is 95.0. The summed E-state index contributed by atoms with van der Waals surface area (Å²) in [6.07, 6.45) is 0. The van der Waals surface area contributed by atoms with Gasteiger partial charge in [0.05, 0.1) is 0 Å². The molecule has 0 heterocycles. The van der Waals surface area contributed by atoms with Crippen molar-refractivity contribution in [2.24, 2.45) is 0 Å². The Morgan fingerprint density at radius 2 is 1.25 bits per heavy atom. The van der Waals surface area contributed by atoms with Crippen molar-refractivity contribution in [3.05, 3.63) is 0 Å². The first-order valence-corrected chi connectivity index (χ1v) is 0.986. The van der Waals surface area contributed by atoms with Crippen LogP contribution in [0.5, 0.6) is 0 Å². The van der Waals surface area contributed by atoms with Crippen LogP contribution in [0.15, 0.2) is 0 Å². The Bertz CT molecular complexity index is 8.00. The summed E-state index contributed by atoms with van der Waals surface area (Å²) in [5.41, 5.74) is 0. The predicted molar refractivity (Wildman–Crippen MR) is 0.686 cm³/mol. The van der Waals surface area contributed by atoms with Gasteiger partial charge in [-0.15, -0.1) is 0 Å². The molecule has 0 amide bonds. The van der Waals surface area contributed by atoms with E-state index in [1.165, 1.54) is 0 Å². The minimum absolute atomic E-state index is 0. The average Bonchev–Trinajstić information content (AvgIpc) is 1.00. The summed E-state index contributed by atoms with van der Waals surface area (Å²) in [4.78, 5) is 0. The monoisotopic (exact) mass is 225 g/mol. The first-order chi connectivity index (χ1) is 1.00. The van der Waals surface area contributed by atoms with Gasteiger partial charge in [-0.3, -0.25) is 0 Å². The molecule has 0 aliphatic carbocycles. The van der Waals surface area contributed by atoms with Gasteiger partial charge in [0, 0.05) is 38.8 Å². The van der Waals surface area contributed by atoms with E-state index in [2.05, 4.69) is 0 Å². The summed E-state index contributed by atoms with van der Waals surface area (Å²) in [5.74, 6) is 0. The third-order valence-corrected chi connectivity index (χ3v) is 0. The molecule has 0 aromatic heterocycles. The first kappa shape index (κ1) is 17.2. The Hall–Kier alpha value is 1.72. The Morgan fingerprint density at radius 1 is 1.25 bits per heavy atom. The van der Waals surface area contributed by atoms with Crippen LogP contribution in [0.4, 0.5) is 0 Å². The Balaban J connectivity index is -0.00000000500.